The van der Waals surface area contributed by atoms with Gasteiger partial charge in [0.25, 0.3) is 11.8 Å². The third kappa shape index (κ3) is 9.57. The predicted octanol–water partition coefficient (Wildman–Crippen LogP) is 8.52. The van der Waals surface area contributed by atoms with Crippen molar-refractivity contribution in [2.45, 2.75) is 55.2 Å². The molecule has 54 heavy (non-hydrogen) atoms. The first kappa shape index (κ1) is 39.6. The van der Waals surface area contributed by atoms with Crippen molar-refractivity contribution in [2.24, 2.45) is 0 Å². The van der Waals surface area contributed by atoms with Crippen LogP contribution in [0.5, 0.6) is 5.75 Å². The molecule has 1 N–H and O–H groups in total. The summed E-state index contributed by atoms with van der Waals surface area (Å²) in [5.74, 6) is 0.698. The quantitative estimate of drug-likeness (QED) is 0.152. The van der Waals surface area contributed by atoms with Crippen molar-refractivity contribution >= 4 is 82.9 Å². The van der Waals surface area contributed by atoms with Gasteiger partial charge in [0.15, 0.2) is 6.10 Å². The third-order valence-electron chi connectivity index (χ3n) is 8.74. The van der Waals surface area contributed by atoms with Crippen molar-refractivity contribution in [3.63, 3.8) is 0 Å². The molecule has 10 nitrogen and oxygen atoms in total. The lowest BCUT2D eigenvalue weighted by atomic mass is 10.1. The molecule has 0 spiro atoms. The van der Waals surface area contributed by atoms with E-state index in [0.29, 0.717) is 44.7 Å². The zero-order valence-corrected chi connectivity index (χ0v) is 34.1. The summed E-state index contributed by atoms with van der Waals surface area (Å²) >= 11 is 0. The number of ether oxygens (including phenoxy) is 2. The number of hydrogen-bond donors (Lipinski definition) is 1. The van der Waals surface area contributed by atoms with Crippen molar-refractivity contribution in [3.05, 3.63) is 102 Å². The molecule has 7 rings (SSSR count). The fourth-order valence-electron chi connectivity index (χ4n) is 6.22. The summed E-state index contributed by atoms with van der Waals surface area (Å²) in [7, 11) is 6.68. The lowest BCUT2D eigenvalue weighted by Gasteiger charge is -2.35. The standard InChI is InChI=1S/C20H25N3O3S2.C20H18N2O2S2/c1-20(2,3)26-19(25)23-12-10-22(11-13-23)18(24)15-7-8-16(28-27-4)17-14(15)6-5-9-21-17;1-25-26-18-9-8-14(15-6-4-10-21-19(15)18)12-22-20(23)17-11-13-5-2-3-7-16(13)24-17/h5-9H,10-13H2,1-4H3;2-10,17H,11-12H2,1H3,(H,22,23). The van der Waals surface area contributed by atoms with Gasteiger partial charge in [-0.2, -0.15) is 0 Å². The molecule has 4 heterocycles. The van der Waals surface area contributed by atoms with Gasteiger partial charge in [-0.15, -0.1) is 0 Å². The van der Waals surface area contributed by atoms with Crippen molar-refractivity contribution in [1.82, 2.24) is 25.1 Å². The van der Waals surface area contributed by atoms with Gasteiger partial charge >= 0.3 is 6.09 Å². The lowest BCUT2D eigenvalue weighted by Crippen LogP contribution is -2.51. The van der Waals surface area contributed by atoms with E-state index in [1.807, 2.05) is 87.9 Å². The second-order valence-corrected chi connectivity index (χ2v) is 18.4. The van der Waals surface area contributed by atoms with E-state index in [2.05, 4.69) is 33.5 Å². The monoisotopic (exact) mass is 801 g/mol. The first-order valence-corrected chi connectivity index (χ1v) is 22.6. The highest BCUT2D eigenvalue weighted by Crippen LogP contribution is 2.36. The number of aromatic nitrogens is 2. The van der Waals surface area contributed by atoms with Crippen molar-refractivity contribution in [1.29, 1.82) is 0 Å². The molecule has 282 valence electrons. The number of nitrogens with one attached hydrogen (secondary N) is 1. The van der Waals surface area contributed by atoms with Crippen LogP contribution in [-0.2, 0) is 22.5 Å². The molecule has 1 unspecified atom stereocenters. The summed E-state index contributed by atoms with van der Waals surface area (Å²) in [6.07, 6.45) is 7.46. The average Bonchev–Trinajstić information content (AvgIpc) is 3.62. The van der Waals surface area contributed by atoms with E-state index in [1.165, 1.54) is 0 Å². The Kier molecular flexibility index (Phi) is 13.2. The normalized spacial score (nSPS) is 15.2. The maximum absolute atomic E-state index is 13.1. The van der Waals surface area contributed by atoms with Crippen LogP contribution in [0.4, 0.5) is 4.79 Å². The molecular formula is C40H43N5O5S4. The Balaban J connectivity index is 0.000000185. The minimum Gasteiger partial charge on any atom is -0.480 e. The smallest absolute Gasteiger partial charge is 0.410 e. The average molecular weight is 802 g/mol. The molecule has 3 amide bonds. The molecule has 2 aromatic heterocycles. The number of hydrogen-bond acceptors (Lipinski definition) is 11. The second-order valence-electron chi connectivity index (χ2n) is 13.5. The van der Waals surface area contributed by atoms with Gasteiger partial charge in [0.1, 0.15) is 11.4 Å². The predicted molar refractivity (Wildman–Crippen MR) is 222 cm³/mol. The number of carbonyl (C=O) groups excluding carboxylic acids is 3. The number of fused-ring (bicyclic) bond motifs is 3. The SMILES string of the molecule is CSSc1ccc(C(=O)N2CCN(C(=O)OC(C)(C)C)CC2)c2cccnc12.CSSc1ccc(CNC(=O)C2Cc3ccccc3O2)c2cccnc12. The molecule has 0 saturated carbocycles. The van der Waals surface area contributed by atoms with Gasteiger partial charge < -0.3 is 24.6 Å². The highest BCUT2D eigenvalue weighted by atomic mass is 33.1. The second kappa shape index (κ2) is 18.0. The number of benzene rings is 3. The van der Waals surface area contributed by atoms with Crippen LogP contribution in [0.3, 0.4) is 0 Å². The molecular weight excluding hydrogens is 759 g/mol. The van der Waals surface area contributed by atoms with Crippen LogP contribution in [-0.4, -0.2) is 88.1 Å². The van der Waals surface area contributed by atoms with Crippen molar-refractivity contribution in [2.75, 3.05) is 38.7 Å². The van der Waals surface area contributed by atoms with E-state index >= 15 is 0 Å². The molecule has 2 aliphatic rings. The van der Waals surface area contributed by atoms with Crippen LogP contribution in [0, 0.1) is 0 Å². The van der Waals surface area contributed by atoms with E-state index in [9.17, 15) is 14.4 Å². The number of nitrogens with zero attached hydrogens (tertiary/aromatic N) is 4. The maximum Gasteiger partial charge on any atom is 0.410 e. The topological polar surface area (TPSA) is 114 Å². The van der Waals surface area contributed by atoms with E-state index in [0.717, 1.165) is 48.5 Å². The van der Waals surface area contributed by atoms with Crippen LogP contribution in [0.1, 0.15) is 42.3 Å². The molecule has 0 aliphatic carbocycles. The highest BCUT2D eigenvalue weighted by Gasteiger charge is 2.30. The van der Waals surface area contributed by atoms with E-state index in [1.54, 1.807) is 65.4 Å². The molecule has 1 fully saturated rings. The number of amides is 3. The van der Waals surface area contributed by atoms with E-state index < -0.39 is 11.7 Å². The largest absolute Gasteiger partial charge is 0.480 e. The minimum atomic E-state index is -0.521. The third-order valence-corrected chi connectivity index (χ3v) is 12.2. The van der Waals surface area contributed by atoms with Crippen LogP contribution < -0.4 is 10.1 Å². The fraction of sp³-hybridized carbons (Fsp3) is 0.325. The molecule has 3 aromatic carbocycles. The zero-order chi connectivity index (χ0) is 38.2. The Bertz CT molecular complexity index is 2110. The van der Waals surface area contributed by atoms with Crippen LogP contribution >= 0.6 is 43.2 Å². The molecule has 1 atom stereocenters. The Hall–Kier alpha value is -4.11. The Morgan fingerprint density at radius 3 is 2.06 bits per heavy atom. The molecule has 1 saturated heterocycles. The van der Waals surface area contributed by atoms with Gasteiger partial charge in [0.05, 0.1) is 11.0 Å². The molecule has 5 aromatic rings. The summed E-state index contributed by atoms with van der Waals surface area (Å²) in [4.78, 5) is 52.5. The number of para-hydroxylation sites is 1. The maximum atomic E-state index is 13.1. The summed E-state index contributed by atoms with van der Waals surface area (Å²) in [6.45, 7) is 7.92. The van der Waals surface area contributed by atoms with Crippen LogP contribution in [0.15, 0.2) is 95.0 Å². The van der Waals surface area contributed by atoms with Gasteiger partial charge in [-0.3, -0.25) is 19.6 Å². The van der Waals surface area contributed by atoms with Gasteiger partial charge in [0.2, 0.25) is 0 Å². The first-order chi connectivity index (χ1) is 26.1. The van der Waals surface area contributed by atoms with Crippen LogP contribution in [0.2, 0.25) is 0 Å². The first-order valence-electron chi connectivity index (χ1n) is 17.5. The lowest BCUT2D eigenvalue weighted by molar-refractivity contribution is -0.127. The number of carbonyl (C=O) groups is 3. The highest BCUT2D eigenvalue weighted by molar-refractivity contribution is 8.76. The van der Waals surface area contributed by atoms with Gasteiger partial charge in [-0.25, -0.2) is 4.79 Å². The zero-order valence-electron chi connectivity index (χ0n) is 30.9. The summed E-state index contributed by atoms with van der Waals surface area (Å²) in [5.41, 5.74) is 4.09. The van der Waals surface area contributed by atoms with Gasteiger partial charge in [-0.1, -0.05) is 79.6 Å². The molecule has 2 aliphatic heterocycles. The molecule has 14 heteroatoms. The molecule has 0 radical (unpaired) electrons. The number of piperazine rings is 1. The van der Waals surface area contributed by atoms with E-state index in [-0.39, 0.29) is 17.9 Å². The van der Waals surface area contributed by atoms with Gasteiger partial charge in [0, 0.05) is 77.7 Å². The van der Waals surface area contributed by atoms with Crippen LogP contribution in [0.25, 0.3) is 21.8 Å². The number of rotatable bonds is 8. The summed E-state index contributed by atoms with van der Waals surface area (Å²) in [5, 5.41) is 4.95. The Morgan fingerprint density at radius 1 is 0.796 bits per heavy atom. The van der Waals surface area contributed by atoms with Gasteiger partial charge in [-0.05, 0) is 80.8 Å². The summed E-state index contributed by atoms with van der Waals surface area (Å²) < 4.78 is 11.2. The fourth-order valence-corrected chi connectivity index (χ4v) is 9.19. The van der Waals surface area contributed by atoms with E-state index in [4.69, 9.17) is 9.47 Å². The summed E-state index contributed by atoms with van der Waals surface area (Å²) in [6, 6.07) is 23.5. The number of pyridine rings is 2. The Morgan fingerprint density at radius 2 is 1.41 bits per heavy atom. The Labute approximate surface area is 331 Å². The minimum absolute atomic E-state index is 0.0254. The molecule has 0 bridgehead atoms. The van der Waals surface area contributed by atoms with Crippen molar-refractivity contribution in [3.8, 4) is 5.75 Å². The van der Waals surface area contributed by atoms with Crippen molar-refractivity contribution < 1.29 is 23.9 Å².